The van der Waals surface area contributed by atoms with Gasteiger partial charge in [0.15, 0.2) is 0 Å². The molecule has 2 heterocycles. The highest BCUT2D eigenvalue weighted by Gasteiger charge is 2.35. The van der Waals surface area contributed by atoms with Crippen molar-refractivity contribution in [2.75, 3.05) is 24.5 Å². The number of anilines is 1. The van der Waals surface area contributed by atoms with E-state index in [0.29, 0.717) is 0 Å². The highest BCUT2D eigenvalue weighted by atomic mass is 15.2. The third-order valence-corrected chi connectivity index (χ3v) is 5.17. The van der Waals surface area contributed by atoms with Crippen molar-refractivity contribution in [2.45, 2.75) is 38.1 Å². The fraction of sp³-hybridized carbons (Fsp3) is 0.625. The zero-order valence-corrected chi connectivity index (χ0v) is 11.0. The summed E-state index contributed by atoms with van der Waals surface area (Å²) in [6.07, 6.45) is 5.77. The van der Waals surface area contributed by atoms with Crippen molar-refractivity contribution in [3.05, 3.63) is 29.3 Å². The maximum atomic E-state index is 3.55. The van der Waals surface area contributed by atoms with E-state index >= 15 is 0 Å². The second-order valence-electron chi connectivity index (χ2n) is 6.10. The van der Waals surface area contributed by atoms with Crippen molar-refractivity contribution in [2.24, 2.45) is 5.92 Å². The van der Waals surface area contributed by atoms with Crippen LogP contribution in [0.4, 0.5) is 5.69 Å². The summed E-state index contributed by atoms with van der Waals surface area (Å²) in [7, 11) is 0. The lowest BCUT2D eigenvalue weighted by Gasteiger charge is -2.42. The summed E-state index contributed by atoms with van der Waals surface area (Å²) in [5.41, 5.74) is 4.77. The highest BCUT2D eigenvalue weighted by molar-refractivity contribution is 5.63. The Morgan fingerprint density at radius 2 is 2.06 bits per heavy atom. The Morgan fingerprint density at radius 1 is 1.11 bits per heavy atom. The predicted octanol–water partition coefficient (Wildman–Crippen LogP) is 2.88. The molecular weight excluding hydrogens is 220 g/mol. The average molecular weight is 242 g/mol. The van der Waals surface area contributed by atoms with Crippen LogP contribution in [0.5, 0.6) is 0 Å². The minimum absolute atomic E-state index is 0.850. The second kappa shape index (κ2) is 4.27. The summed E-state index contributed by atoms with van der Waals surface area (Å²) in [5, 5.41) is 3.55. The molecule has 1 atom stereocenters. The third-order valence-electron chi connectivity index (χ3n) is 5.17. The molecule has 1 aliphatic carbocycles. The van der Waals surface area contributed by atoms with Crippen LogP contribution in [0.2, 0.25) is 0 Å². The van der Waals surface area contributed by atoms with Gasteiger partial charge < -0.3 is 10.2 Å². The number of para-hydroxylation sites is 1. The lowest BCUT2D eigenvalue weighted by Crippen LogP contribution is -2.37. The number of nitrogens with zero attached hydrogens (tertiary/aromatic N) is 1. The summed E-state index contributed by atoms with van der Waals surface area (Å²) in [6, 6.07) is 6.99. The summed E-state index contributed by atoms with van der Waals surface area (Å²) >= 11 is 0. The molecule has 96 valence electrons. The van der Waals surface area contributed by atoms with Crippen LogP contribution in [-0.2, 0) is 6.54 Å². The molecule has 4 rings (SSSR count). The molecule has 1 N–H and O–H groups in total. The fourth-order valence-electron chi connectivity index (χ4n) is 3.99. The molecule has 0 bridgehead atoms. The molecular formula is C16H22N2. The molecule has 0 radical (unpaired) electrons. The van der Waals surface area contributed by atoms with E-state index in [9.17, 15) is 0 Å². The molecule has 2 aliphatic heterocycles. The maximum Gasteiger partial charge on any atom is 0.0447 e. The molecule has 1 saturated carbocycles. The van der Waals surface area contributed by atoms with Crippen molar-refractivity contribution in [1.82, 2.24) is 5.32 Å². The first-order chi connectivity index (χ1) is 8.93. The van der Waals surface area contributed by atoms with Crippen LogP contribution in [0, 0.1) is 5.92 Å². The Labute approximate surface area is 109 Å². The standard InChI is InChI=1S/C16H22N2/c1-3-12(4-1)14-7-9-18-10-8-17-11-13-5-2-6-15(14)16(13)18/h2,5-6,12,14,17H,1,3-4,7-11H2/t14-/m1/s1. The van der Waals surface area contributed by atoms with E-state index < -0.39 is 0 Å². The first-order valence-electron chi connectivity index (χ1n) is 7.51. The van der Waals surface area contributed by atoms with Crippen molar-refractivity contribution in [3.8, 4) is 0 Å². The number of hydrogen-bond acceptors (Lipinski definition) is 2. The van der Waals surface area contributed by atoms with Crippen LogP contribution < -0.4 is 10.2 Å². The Kier molecular flexibility index (Phi) is 2.58. The molecule has 1 aromatic rings. The topological polar surface area (TPSA) is 15.3 Å². The molecule has 3 aliphatic rings. The van der Waals surface area contributed by atoms with E-state index in [1.54, 1.807) is 11.3 Å². The number of hydrogen-bond donors (Lipinski definition) is 1. The molecule has 2 nitrogen and oxygen atoms in total. The van der Waals surface area contributed by atoms with E-state index in [4.69, 9.17) is 0 Å². The Balaban J connectivity index is 1.78. The monoisotopic (exact) mass is 242 g/mol. The van der Waals surface area contributed by atoms with Crippen molar-refractivity contribution >= 4 is 5.69 Å². The SMILES string of the molecule is c1cc2c3c(c1)[C@@H](C1CCC1)CCN3CCNC2. The van der Waals surface area contributed by atoms with Gasteiger partial charge in [0.25, 0.3) is 0 Å². The van der Waals surface area contributed by atoms with Crippen LogP contribution in [-0.4, -0.2) is 19.6 Å². The number of nitrogens with one attached hydrogen (secondary N) is 1. The molecule has 0 amide bonds. The van der Waals surface area contributed by atoms with Crippen LogP contribution in [0.3, 0.4) is 0 Å². The van der Waals surface area contributed by atoms with Gasteiger partial charge in [0.1, 0.15) is 0 Å². The second-order valence-corrected chi connectivity index (χ2v) is 6.10. The summed E-state index contributed by atoms with van der Waals surface area (Å²) in [6.45, 7) is 4.63. The Morgan fingerprint density at radius 3 is 2.89 bits per heavy atom. The van der Waals surface area contributed by atoms with Crippen molar-refractivity contribution in [1.29, 1.82) is 0 Å². The van der Waals surface area contributed by atoms with E-state index in [0.717, 1.165) is 24.9 Å². The van der Waals surface area contributed by atoms with Gasteiger partial charge in [-0.3, -0.25) is 0 Å². The lowest BCUT2D eigenvalue weighted by molar-refractivity contribution is 0.248. The van der Waals surface area contributed by atoms with Gasteiger partial charge in [0, 0.05) is 31.9 Å². The summed E-state index contributed by atoms with van der Waals surface area (Å²) in [4.78, 5) is 2.62. The zero-order valence-electron chi connectivity index (χ0n) is 11.0. The smallest absolute Gasteiger partial charge is 0.0447 e. The normalized spacial score (nSPS) is 27.3. The van der Waals surface area contributed by atoms with Crippen LogP contribution >= 0.6 is 0 Å². The van der Waals surface area contributed by atoms with E-state index in [-0.39, 0.29) is 0 Å². The molecule has 18 heavy (non-hydrogen) atoms. The highest BCUT2D eigenvalue weighted by Crippen LogP contribution is 2.47. The average Bonchev–Trinajstić information content (AvgIpc) is 2.54. The zero-order chi connectivity index (χ0) is 11.9. The van der Waals surface area contributed by atoms with Gasteiger partial charge in [-0.25, -0.2) is 0 Å². The molecule has 0 spiro atoms. The van der Waals surface area contributed by atoms with Crippen LogP contribution in [0.1, 0.15) is 42.7 Å². The molecule has 1 aromatic carbocycles. The number of benzene rings is 1. The molecule has 1 fully saturated rings. The number of rotatable bonds is 1. The quantitative estimate of drug-likeness (QED) is 0.814. The van der Waals surface area contributed by atoms with Crippen molar-refractivity contribution < 1.29 is 0 Å². The van der Waals surface area contributed by atoms with E-state index in [1.807, 2.05) is 0 Å². The molecule has 0 unspecified atom stereocenters. The minimum Gasteiger partial charge on any atom is -0.370 e. The van der Waals surface area contributed by atoms with Gasteiger partial charge in [0.2, 0.25) is 0 Å². The maximum absolute atomic E-state index is 3.55. The van der Waals surface area contributed by atoms with Gasteiger partial charge in [-0.15, -0.1) is 0 Å². The van der Waals surface area contributed by atoms with Crippen LogP contribution in [0.15, 0.2) is 18.2 Å². The molecule has 0 aromatic heterocycles. The van der Waals surface area contributed by atoms with Crippen LogP contribution in [0.25, 0.3) is 0 Å². The third kappa shape index (κ3) is 1.58. The molecule has 0 saturated heterocycles. The summed E-state index contributed by atoms with van der Waals surface area (Å²) in [5.74, 6) is 1.83. The first-order valence-corrected chi connectivity index (χ1v) is 7.51. The van der Waals surface area contributed by atoms with Gasteiger partial charge >= 0.3 is 0 Å². The largest absolute Gasteiger partial charge is 0.370 e. The van der Waals surface area contributed by atoms with E-state index in [2.05, 4.69) is 28.4 Å². The fourth-order valence-corrected chi connectivity index (χ4v) is 3.99. The van der Waals surface area contributed by atoms with E-state index in [1.165, 1.54) is 44.3 Å². The molecule has 2 heteroatoms. The minimum atomic E-state index is 0.850. The summed E-state index contributed by atoms with van der Waals surface area (Å²) < 4.78 is 0. The van der Waals surface area contributed by atoms with Gasteiger partial charge in [-0.05, 0) is 42.2 Å². The van der Waals surface area contributed by atoms with Gasteiger partial charge in [-0.1, -0.05) is 24.6 Å². The first kappa shape index (κ1) is 10.9. The predicted molar refractivity (Wildman–Crippen MR) is 75.1 cm³/mol. The van der Waals surface area contributed by atoms with Crippen molar-refractivity contribution in [3.63, 3.8) is 0 Å². The van der Waals surface area contributed by atoms with Gasteiger partial charge in [0.05, 0.1) is 0 Å². The lowest BCUT2D eigenvalue weighted by atomic mass is 9.70. The van der Waals surface area contributed by atoms with Gasteiger partial charge in [-0.2, -0.15) is 0 Å². The Hall–Kier alpha value is -1.02. The Bertz CT molecular complexity index is 450.